The van der Waals surface area contributed by atoms with Gasteiger partial charge in [-0.25, -0.2) is 9.97 Å². The van der Waals surface area contributed by atoms with Crippen molar-refractivity contribution >= 4 is 34.2 Å². The van der Waals surface area contributed by atoms with E-state index in [4.69, 9.17) is 11.6 Å². The summed E-state index contributed by atoms with van der Waals surface area (Å²) in [4.78, 5) is 33.9. The van der Waals surface area contributed by atoms with E-state index in [1.165, 1.54) is 22.9 Å². The fraction of sp³-hybridized carbons (Fsp3) is 0.0400. The van der Waals surface area contributed by atoms with Gasteiger partial charge in [-0.05, 0) is 42.0 Å². The van der Waals surface area contributed by atoms with Crippen LogP contribution in [0.3, 0.4) is 0 Å². The SMILES string of the molecule is O=C(Nc1ccc(-n2cnc3ccccc32)nc1)c1ccc(=O)n(Cc2ccccc2Cl)c1. The molecule has 5 aromatic rings. The van der Waals surface area contributed by atoms with Gasteiger partial charge in [0, 0.05) is 17.3 Å². The smallest absolute Gasteiger partial charge is 0.257 e. The van der Waals surface area contributed by atoms with Crippen LogP contribution >= 0.6 is 11.6 Å². The number of benzene rings is 2. The van der Waals surface area contributed by atoms with E-state index in [0.29, 0.717) is 22.1 Å². The van der Waals surface area contributed by atoms with Crippen LogP contribution in [0.15, 0.2) is 96.3 Å². The third-order valence-electron chi connectivity index (χ3n) is 5.25. The fourth-order valence-corrected chi connectivity index (χ4v) is 3.74. The standard InChI is InChI=1S/C25H18ClN5O2/c26-20-6-2-1-5-17(20)14-30-15-18(9-12-24(30)32)25(33)29-19-10-11-23(27-13-19)31-16-28-21-7-3-4-8-22(21)31/h1-13,15-16H,14H2,(H,29,33). The van der Waals surface area contributed by atoms with Crippen molar-refractivity contribution in [3.05, 3.63) is 118 Å². The zero-order valence-electron chi connectivity index (χ0n) is 17.4. The minimum atomic E-state index is -0.342. The molecule has 0 radical (unpaired) electrons. The lowest BCUT2D eigenvalue weighted by molar-refractivity contribution is 0.102. The van der Waals surface area contributed by atoms with Crippen molar-refractivity contribution in [1.82, 2.24) is 19.1 Å². The van der Waals surface area contributed by atoms with Crippen LogP contribution in [0.25, 0.3) is 16.9 Å². The van der Waals surface area contributed by atoms with Crippen molar-refractivity contribution in [2.45, 2.75) is 6.54 Å². The number of aromatic nitrogens is 4. The number of carbonyl (C=O) groups excluding carboxylic acids is 1. The number of imidazole rings is 1. The van der Waals surface area contributed by atoms with Gasteiger partial charge in [0.2, 0.25) is 0 Å². The Morgan fingerprint density at radius 3 is 2.58 bits per heavy atom. The number of amides is 1. The maximum absolute atomic E-state index is 12.8. The van der Waals surface area contributed by atoms with Crippen molar-refractivity contribution in [2.24, 2.45) is 0 Å². The van der Waals surface area contributed by atoms with Crippen molar-refractivity contribution in [2.75, 3.05) is 5.32 Å². The molecule has 1 N–H and O–H groups in total. The van der Waals surface area contributed by atoms with E-state index >= 15 is 0 Å². The number of nitrogens with zero attached hydrogens (tertiary/aromatic N) is 4. The lowest BCUT2D eigenvalue weighted by Gasteiger charge is -2.10. The highest BCUT2D eigenvalue weighted by atomic mass is 35.5. The van der Waals surface area contributed by atoms with E-state index in [9.17, 15) is 9.59 Å². The molecule has 1 amide bonds. The number of halogens is 1. The molecule has 0 bridgehead atoms. The molecule has 0 aliphatic heterocycles. The van der Waals surface area contributed by atoms with Crippen molar-refractivity contribution in [3.63, 3.8) is 0 Å². The zero-order valence-corrected chi connectivity index (χ0v) is 18.1. The lowest BCUT2D eigenvalue weighted by Crippen LogP contribution is -2.22. The van der Waals surface area contributed by atoms with Gasteiger partial charge in [0.25, 0.3) is 11.5 Å². The van der Waals surface area contributed by atoms with Crippen LogP contribution in [0, 0.1) is 0 Å². The summed E-state index contributed by atoms with van der Waals surface area (Å²) >= 11 is 6.21. The van der Waals surface area contributed by atoms with Gasteiger partial charge in [-0.2, -0.15) is 0 Å². The summed E-state index contributed by atoms with van der Waals surface area (Å²) in [5.41, 5.74) is 3.30. The third kappa shape index (κ3) is 4.26. The van der Waals surface area contributed by atoms with Crippen molar-refractivity contribution in [3.8, 4) is 5.82 Å². The van der Waals surface area contributed by atoms with Gasteiger partial charge in [0.15, 0.2) is 0 Å². The van der Waals surface area contributed by atoms with E-state index in [0.717, 1.165) is 16.6 Å². The molecule has 0 saturated carbocycles. The third-order valence-corrected chi connectivity index (χ3v) is 5.62. The van der Waals surface area contributed by atoms with Crippen LogP contribution in [0.2, 0.25) is 5.02 Å². The topological polar surface area (TPSA) is 81.8 Å². The summed E-state index contributed by atoms with van der Waals surface area (Å²) in [5.74, 6) is 0.348. The van der Waals surface area contributed by atoms with Crippen LogP contribution < -0.4 is 10.9 Å². The summed E-state index contributed by atoms with van der Waals surface area (Å²) in [7, 11) is 0. The second-order valence-corrected chi connectivity index (χ2v) is 7.85. The predicted octanol–water partition coefficient (Wildman–Crippen LogP) is 4.54. The summed E-state index contributed by atoms with van der Waals surface area (Å²) in [6.07, 6.45) is 4.83. The molecule has 0 fully saturated rings. The molecule has 0 aliphatic rings. The average Bonchev–Trinajstić information content (AvgIpc) is 3.26. The zero-order chi connectivity index (χ0) is 22.8. The molecule has 5 rings (SSSR count). The fourth-order valence-electron chi connectivity index (χ4n) is 3.55. The summed E-state index contributed by atoms with van der Waals surface area (Å²) in [5, 5.41) is 3.39. The maximum atomic E-state index is 12.8. The Morgan fingerprint density at radius 2 is 1.76 bits per heavy atom. The number of hydrogen-bond donors (Lipinski definition) is 1. The minimum absolute atomic E-state index is 0.218. The van der Waals surface area contributed by atoms with Gasteiger partial charge in [-0.3, -0.25) is 14.2 Å². The summed E-state index contributed by atoms with van der Waals surface area (Å²) < 4.78 is 3.34. The van der Waals surface area contributed by atoms with Crippen LogP contribution in [0.5, 0.6) is 0 Å². The molecule has 3 heterocycles. The number of para-hydroxylation sites is 2. The van der Waals surface area contributed by atoms with Gasteiger partial charge < -0.3 is 9.88 Å². The van der Waals surface area contributed by atoms with Gasteiger partial charge in [0.1, 0.15) is 12.1 Å². The maximum Gasteiger partial charge on any atom is 0.257 e. The van der Waals surface area contributed by atoms with E-state index in [2.05, 4.69) is 15.3 Å². The van der Waals surface area contributed by atoms with E-state index in [-0.39, 0.29) is 18.0 Å². The molecule has 8 heteroatoms. The Labute approximate surface area is 193 Å². The Hall–Kier alpha value is -4.23. The molecule has 7 nitrogen and oxygen atoms in total. The number of fused-ring (bicyclic) bond motifs is 1. The van der Waals surface area contributed by atoms with Crippen LogP contribution in [-0.2, 0) is 6.54 Å². The Balaban J connectivity index is 1.34. The molecule has 3 aromatic heterocycles. The number of nitrogens with one attached hydrogen (secondary N) is 1. The van der Waals surface area contributed by atoms with E-state index in [1.807, 2.05) is 53.1 Å². The Kier molecular flexibility index (Phi) is 5.46. The monoisotopic (exact) mass is 455 g/mol. The summed E-state index contributed by atoms with van der Waals surface area (Å²) in [6, 6.07) is 21.5. The summed E-state index contributed by atoms with van der Waals surface area (Å²) in [6.45, 7) is 0.273. The molecule has 0 aliphatic carbocycles. The second-order valence-electron chi connectivity index (χ2n) is 7.44. The predicted molar refractivity (Wildman–Crippen MR) is 128 cm³/mol. The first-order valence-electron chi connectivity index (χ1n) is 10.2. The van der Waals surface area contributed by atoms with Crippen LogP contribution in [-0.4, -0.2) is 25.0 Å². The molecule has 0 spiro atoms. The molecule has 162 valence electrons. The number of hydrogen-bond acceptors (Lipinski definition) is 4. The normalized spacial score (nSPS) is 10.9. The molecular formula is C25H18ClN5O2. The molecular weight excluding hydrogens is 438 g/mol. The molecule has 2 aromatic carbocycles. The number of anilines is 1. The number of pyridine rings is 2. The lowest BCUT2D eigenvalue weighted by atomic mass is 10.2. The molecule has 0 unspecified atom stereocenters. The number of rotatable bonds is 5. The van der Waals surface area contributed by atoms with Gasteiger partial charge in [0.05, 0.1) is 35.0 Å². The van der Waals surface area contributed by atoms with Gasteiger partial charge >= 0.3 is 0 Å². The highest BCUT2D eigenvalue weighted by Gasteiger charge is 2.11. The van der Waals surface area contributed by atoms with E-state index in [1.54, 1.807) is 24.7 Å². The van der Waals surface area contributed by atoms with Crippen LogP contribution in [0.4, 0.5) is 5.69 Å². The minimum Gasteiger partial charge on any atom is -0.321 e. The van der Waals surface area contributed by atoms with Crippen molar-refractivity contribution < 1.29 is 4.79 Å². The molecule has 33 heavy (non-hydrogen) atoms. The highest BCUT2D eigenvalue weighted by molar-refractivity contribution is 6.31. The Morgan fingerprint density at radius 1 is 0.939 bits per heavy atom. The molecule has 0 saturated heterocycles. The first-order valence-corrected chi connectivity index (χ1v) is 10.6. The highest BCUT2D eigenvalue weighted by Crippen LogP contribution is 2.18. The van der Waals surface area contributed by atoms with Gasteiger partial charge in [-0.1, -0.05) is 41.9 Å². The van der Waals surface area contributed by atoms with Crippen LogP contribution in [0.1, 0.15) is 15.9 Å². The number of carbonyl (C=O) groups is 1. The largest absolute Gasteiger partial charge is 0.321 e. The average molecular weight is 456 g/mol. The van der Waals surface area contributed by atoms with E-state index < -0.39 is 0 Å². The first-order chi connectivity index (χ1) is 16.1. The second kappa shape index (κ2) is 8.72. The van der Waals surface area contributed by atoms with Gasteiger partial charge in [-0.15, -0.1) is 0 Å². The first kappa shape index (κ1) is 20.7. The quantitative estimate of drug-likeness (QED) is 0.422. The molecule has 0 atom stereocenters. The Bertz CT molecular complexity index is 1520. The van der Waals surface area contributed by atoms with Crippen molar-refractivity contribution in [1.29, 1.82) is 0 Å².